The van der Waals surface area contributed by atoms with Crippen molar-refractivity contribution in [1.82, 2.24) is 14.3 Å². The van der Waals surface area contributed by atoms with Crippen LogP contribution in [0.3, 0.4) is 0 Å². The molecular formula is C27H26N4O8S2. The number of benzene rings is 1. The number of carbonyl (C=O) groups excluding carboxylic acids is 1. The molecule has 41 heavy (non-hydrogen) atoms. The first-order valence-electron chi connectivity index (χ1n) is 12.3. The normalized spacial score (nSPS) is 15.4. The number of hydrogen-bond donors (Lipinski definition) is 1. The van der Waals surface area contributed by atoms with Crippen molar-refractivity contribution in [2.45, 2.75) is 32.4 Å². The average Bonchev–Trinajstić information content (AvgIpc) is 3.58. The van der Waals surface area contributed by atoms with Crippen molar-refractivity contribution in [2.24, 2.45) is 0 Å². The number of carboxylic acids is 1. The van der Waals surface area contributed by atoms with Crippen molar-refractivity contribution in [1.29, 1.82) is 0 Å². The summed E-state index contributed by atoms with van der Waals surface area (Å²) in [5.74, 6) is -1.40. The first kappa shape index (κ1) is 28.1. The fourth-order valence-electron chi connectivity index (χ4n) is 4.54. The molecule has 0 fully saturated rings. The topological polar surface area (TPSA) is 152 Å². The van der Waals surface area contributed by atoms with Crippen LogP contribution in [0.2, 0.25) is 0 Å². The number of oxazole rings is 1. The number of rotatable bonds is 9. The number of anilines is 1. The highest BCUT2D eigenvalue weighted by molar-refractivity contribution is 7.91. The Bertz CT molecular complexity index is 1700. The lowest BCUT2D eigenvalue weighted by Gasteiger charge is -2.42. The minimum Gasteiger partial charge on any atom is -0.496 e. The number of amides is 1. The molecule has 1 amide bonds. The molecule has 14 heteroatoms. The third-order valence-electron chi connectivity index (χ3n) is 6.67. The third-order valence-corrected chi connectivity index (χ3v) is 10.1. The largest absolute Gasteiger partial charge is 0.496 e. The second kappa shape index (κ2) is 10.5. The summed E-state index contributed by atoms with van der Waals surface area (Å²) in [6.07, 6.45) is 4.91. The van der Waals surface area contributed by atoms with Crippen LogP contribution in [0.1, 0.15) is 41.4 Å². The highest BCUT2D eigenvalue weighted by Crippen LogP contribution is 2.48. The molecule has 0 saturated heterocycles. The molecule has 0 radical (unpaired) electrons. The molecule has 1 aromatic carbocycles. The second-order valence-corrected chi connectivity index (χ2v) is 12.3. The van der Waals surface area contributed by atoms with Crippen molar-refractivity contribution in [2.75, 3.05) is 18.0 Å². The van der Waals surface area contributed by atoms with Gasteiger partial charge in [-0.3, -0.25) is 9.78 Å². The van der Waals surface area contributed by atoms with E-state index in [9.17, 15) is 23.1 Å². The van der Waals surface area contributed by atoms with E-state index in [0.29, 0.717) is 31.8 Å². The number of fused-ring (bicyclic) bond motifs is 1. The summed E-state index contributed by atoms with van der Waals surface area (Å²) in [5, 5.41) is 10.1. The smallest absolute Gasteiger partial charge is 0.330 e. The molecule has 1 atom stereocenters. The first-order valence-corrected chi connectivity index (χ1v) is 14.5. The predicted molar refractivity (Wildman–Crippen MR) is 149 cm³/mol. The van der Waals surface area contributed by atoms with Gasteiger partial charge in [-0.05, 0) is 44.5 Å². The van der Waals surface area contributed by atoms with Crippen LogP contribution >= 0.6 is 11.3 Å². The number of thiophene rings is 1. The number of aromatic nitrogens is 2. The second-order valence-electron chi connectivity index (χ2n) is 9.58. The number of methoxy groups -OCH3 is 1. The first-order chi connectivity index (χ1) is 19.5. The van der Waals surface area contributed by atoms with E-state index in [1.54, 1.807) is 43.3 Å². The SMILES string of the molecule is COc1ccccc1[C@H](CN1c2sc(-c3ncco3)c(C)c2C(=O)N(C(C)(C)C(=O)O)S1(=O)=O)Oc1ccncc1. The number of para-hydroxylation sites is 1. The van der Waals surface area contributed by atoms with E-state index in [4.69, 9.17) is 13.9 Å². The molecule has 0 bridgehead atoms. The zero-order valence-electron chi connectivity index (χ0n) is 22.5. The Morgan fingerprint density at radius 1 is 1.17 bits per heavy atom. The van der Waals surface area contributed by atoms with Gasteiger partial charge >= 0.3 is 16.2 Å². The molecule has 1 aliphatic heterocycles. The van der Waals surface area contributed by atoms with Crippen molar-refractivity contribution >= 4 is 38.4 Å². The highest BCUT2D eigenvalue weighted by Gasteiger charge is 2.54. The molecule has 4 heterocycles. The van der Waals surface area contributed by atoms with Gasteiger partial charge in [-0.2, -0.15) is 8.42 Å². The van der Waals surface area contributed by atoms with Crippen LogP contribution in [0.25, 0.3) is 10.8 Å². The molecule has 5 rings (SSSR count). The monoisotopic (exact) mass is 598 g/mol. The number of ether oxygens (including phenoxy) is 2. The van der Waals surface area contributed by atoms with Gasteiger partial charge in [0.15, 0.2) is 5.54 Å². The van der Waals surface area contributed by atoms with Gasteiger partial charge in [-0.25, -0.2) is 18.4 Å². The van der Waals surface area contributed by atoms with Crippen LogP contribution in [0.15, 0.2) is 65.7 Å². The standard InChI is InChI=1S/C27H26N4O8S2/c1-16-21-24(32)31(27(2,3)26(33)34)41(35,36)30(25(21)40-22(16)23-29-13-14-38-23)15-20(39-17-9-11-28-12-10-17)18-7-5-6-8-19(18)37-4/h5-14,20H,15H2,1-4H3,(H,33,34)/t20-/m0/s1. The fraction of sp³-hybridized carbons (Fsp3) is 0.259. The van der Waals surface area contributed by atoms with Gasteiger partial charge < -0.3 is 19.0 Å². The lowest BCUT2D eigenvalue weighted by atomic mass is 10.0. The molecule has 12 nitrogen and oxygen atoms in total. The predicted octanol–water partition coefficient (Wildman–Crippen LogP) is 4.31. The van der Waals surface area contributed by atoms with Crippen LogP contribution in [0, 0.1) is 6.92 Å². The Kier molecular flexibility index (Phi) is 7.21. The zero-order valence-corrected chi connectivity index (χ0v) is 24.1. The lowest BCUT2D eigenvalue weighted by molar-refractivity contribution is -0.145. The summed E-state index contributed by atoms with van der Waals surface area (Å²) in [4.78, 5) is 34.7. The summed E-state index contributed by atoms with van der Waals surface area (Å²) in [5.41, 5.74) is -1.14. The summed E-state index contributed by atoms with van der Waals surface area (Å²) in [7, 11) is -3.27. The molecule has 1 aliphatic rings. The molecule has 0 unspecified atom stereocenters. The summed E-state index contributed by atoms with van der Waals surface area (Å²) >= 11 is 1.01. The number of pyridine rings is 1. The number of nitrogens with zero attached hydrogens (tertiary/aromatic N) is 4. The van der Waals surface area contributed by atoms with Gasteiger partial charge in [-0.15, -0.1) is 11.3 Å². The molecule has 4 aromatic rings. The number of aliphatic carboxylic acids is 1. The number of carboxylic acid groups (broad SMARTS) is 1. The van der Waals surface area contributed by atoms with Crippen molar-refractivity contribution in [3.63, 3.8) is 0 Å². The molecule has 0 saturated carbocycles. The summed E-state index contributed by atoms with van der Waals surface area (Å²) in [6.45, 7) is 3.63. The molecule has 0 spiro atoms. The highest BCUT2D eigenvalue weighted by atomic mass is 32.2. The van der Waals surface area contributed by atoms with E-state index < -0.39 is 33.7 Å². The zero-order chi connectivity index (χ0) is 29.5. The fourth-order valence-corrected chi connectivity index (χ4v) is 7.87. The molecule has 214 valence electrons. The van der Waals surface area contributed by atoms with E-state index in [2.05, 4.69) is 9.97 Å². The number of carbonyl (C=O) groups is 2. The Balaban J connectivity index is 1.72. The van der Waals surface area contributed by atoms with Crippen molar-refractivity contribution < 1.29 is 37.0 Å². The van der Waals surface area contributed by atoms with Gasteiger partial charge in [0.1, 0.15) is 28.9 Å². The number of hydrogen-bond acceptors (Lipinski definition) is 10. The Morgan fingerprint density at radius 2 is 1.88 bits per heavy atom. The summed E-state index contributed by atoms with van der Waals surface area (Å²) in [6, 6.07) is 10.2. The van der Waals surface area contributed by atoms with E-state index in [1.165, 1.54) is 32.0 Å². The van der Waals surface area contributed by atoms with Crippen LogP contribution in [-0.2, 0) is 15.0 Å². The Morgan fingerprint density at radius 3 is 2.51 bits per heavy atom. The average molecular weight is 599 g/mol. The van der Waals surface area contributed by atoms with Crippen LogP contribution in [-0.4, -0.2) is 58.9 Å². The van der Waals surface area contributed by atoms with Crippen LogP contribution < -0.4 is 13.8 Å². The van der Waals surface area contributed by atoms with Crippen molar-refractivity contribution in [3.05, 3.63) is 77.9 Å². The van der Waals surface area contributed by atoms with Gasteiger partial charge in [0, 0.05) is 18.0 Å². The van der Waals surface area contributed by atoms with Crippen molar-refractivity contribution in [3.8, 4) is 22.3 Å². The minimum absolute atomic E-state index is 0.0371. The minimum atomic E-state index is -4.75. The van der Waals surface area contributed by atoms with E-state index >= 15 is 0 Å². The molecule has 0 aliphatic carbocycles. The van der Waals surface area contributed by atoms with Gasteiger partial charge in [0.05, 0.1) is 30.3 Å². The maximum atomic E-state index is 14.3. The maximum Gasteiger partial charge on any atom is 0.330 e. The summed E-state index contributed by atoms with van der Waals surface area (Å²) < 4.78 is 47.2. The van der Waals surface area contributed by atoms with E-state index in [0.717, 1.165) is 29.5 Å². The maximum absolute atomic E-state index is 14.3. The molecule has 1 N–H and O–H groups in total. The van der Waals surface area contributed by atoms with Crippen LogP contribution in [0.5, 0.6) is 11.5 Å². The third kappa shape index (κ3) is 4.78. The van der Waals surface area contributed by atoms with E-state index in [1.807, 2.05) is 0 Å². The van der Waals surface area contributed by atoms with E-state index in [-0.39, 0.29) is 23.0 Å². The van der Waals surface area contributed by atoms with Gasteiger partial charge in [-0.1, -0.05) is 18.2 Å². The van der Waals surface area contributed by atoms with Gasteiger partial charge in [0.25, 0.3) is 5.91 Å². The molecular weight excluding hydrogens is 572 g/mol. The Hall–Kier alpha value is -4.43. The van der Waals surface area contributed by atoms with Crippen LogP contribution in [0.4, 0.5) is 5.00 Å². The van der Waals surface area contributed by atoms with Gasteiger partial charge in [0.2, 0.25) is 5.89 Å². The molecule has 3 aromatic heterocycles. The quantitative estimate of drug-likeness (QED) is 0.295. The lowest BCUT2D eigenvalue weighted by Crippen LogP contribution is -2.62. The Labute approximate surface area is 240 Å².